The molecule has 1 heterocycles. The van der Waals surface area contributed by atoms with Crippen molar-refractivity contribution in [3.8, 4) is 0 Å². The third-order valence-corrected chi connectivity index (χ3v) is 2.43. The smallest absolute Gasteiger partial charge is 0.0859 e. The largest absolute Gasteiger partial charge is 0.390 e. The van der Waals surface area contributed by atoms with Crippen molar-refractivity contribution >= 4 is 5.57 Å². The molecule has 0 atom stereocenters. The minimum absolute atomic E-state index is 0.0352. The summed E-state index contributed by atoms with van der Waals surface area (Å²) in [7, 11) is 0. The Morgan fingerprint density at radius 1 is 1.46 bits per heavy atom. The van der Waals surface area contributed by atoms with Gasteiger partial charge in [0.2, 0.25) is 0 Å². The molecule has 0 spiro atoms. The lowest BCUT2D eigenvalue weighted by Gasteiger charge is -2.06. The van der Waals surface area contributed by atoms with E-state index in [9.17, 15) is 0 Å². The first-order valence-corrected chi connectivity index (χ1v) is 4.66. The third kappa shape index (κ3) is 1.63. The molecule has 0 amide bonds. The quantitative estimate of drug-likeness (QED) is 0.747. The lowest BCUT2D eigenvalue weighted by atomic mass is 10.0. The SMILES string of the molecule is OCc1ncccc1C1=CCCC1. The van der Waals surface area contributed by atoms with Crippen molar-refractivity contribution in [2.24, 2.45) is 0 Å². The summed E-state index contributed by atoms with van der Waals surface area (Å²) in [5.41, 5.74) is 3.27. The molecule has 13 heavy (non-hydrogen) atoms. The predicted molar refractivity (Wildman–Crippen MR) is 52.0 cm³/mol. The summed E-state index contributed by atoms with van der Waals surface area (Å²) >= 11 is 0. The third-order valence-electron chi connectivity index (χ3n) is 2.43. The summed E-state index contributed by atoms with van der Waals surface area (Å²) in [5, 5.41) is 9.09. The average Bonchev–Trinajstić information content (AvgIpc) is 2.70. The number of aliphatic hydroxyl groups is 1. The van der Waals surface area contributed by atoms with E-state index in [-0.39, 0.29) is 6.61 Å². The van der Waals surface area contributed by atoms with Gasteiger partial charge >= 0.3 is 0 Å². The van der Waals surface area contributed by atoms with Crippen LogP contribution in [0.1, 0.15) is 30.5 Å². The van der Waals surface area contributed by atoms with Gasteiger partial charge in [0.05, 0.1) is 12.3 Å². The van der Waals surface area contributed by atoms with Gasteiger partial charge in [0, 0.05) is 11.8 Å². The lowest BCUT2D eigenvalue weighted by Crippen LogP contribution is -1.95. The molecule has 2 heteroatoms. The van der Waals surface area contributed by atoms with Crippen LogP contribution in [0, 0.1) is 0 Å². The Hall–Kier alpha value is -1.15. The molecule has 2 rings (SSSR count). The van der Waals surface area contributed by atoms with E-state index in [1.54, 1.807) is 6.20 Å². The lowest BCUT2D eigenvalue weighted by molar-refractivity contribution is 0.276. The molecule has 0 fully saturated rings. The molecule has 0 radical (unpaired) electrons. The van der Waals surface area contributed by atoms with Gasteiger partial charge in [-0.3, -0.25) is 4.98 Å². The standard InChI is InChI=1S/C11H13NO/c13-8-11-10(6-3-7-12-11)9-4-1-2-5-9/h3-4,6-7,13H,1-2,5,8H2. The molecule has 1 aliphatic carbocycles. The zero-order chi connectivity index (χ0) is 9.10. The summed E-state index contributed by atoms with van der Waals surface area (Å²) in [6.45, 7) is 0.0352. The van der Waals surface area contributed by atoms with Crippen LogP contribution < -0.4 is 0 Å². The Morgan fingerprint density at radius 3 is 3.08 bits per heavy atom. The van der Waals surface area contributed by atoms with Gasteiger partial charge in [-0.25, -0.2) is 0 Å². The fraction of sp³-hybridized carbons (Fsp3) is 0.364. The summed E-state index contributed by atoms with van der Waals surface area (Å²) in [6.07, 6.45) is 7.49. The maximum Gasteiger partial charge on any atom is 0.0859 e. The van der Waals surface area contributed by atoms with Crippen LogP contribution in [0.15, 0.2) is 24.4 Å². The summed E-state index contributed by atoms with van der Waals surface area (Å²) in [6, 6.07) is 3.96. The summed E-state index contributed by atoms with van der Waals surface area (Å²) < 4.78 is 0. The van der Waals surface area contributed by atoms with Crippen molar-refractivity contribution in [1.82, 2.24) is 4.98 Å². The van der Waals surface area contributed by atoms with Gasteiger partial charge in [0.15, 0.2) is 0 Å². The predicted octanol–water partition coefficient (Wildman–Crippen LogP) is 2.14. The molecule has 0 aliphatic heterocycles. The molecular formula is C11H13NO. The summed E-state index contributed by atoms with van der Waals surface area (Å²) in [4.78, 5) is 4.15. The Kier molecular flexibility index (Phi) is 2.41. The van der Waals surface area contributed by atoms with Crippen LogP contribution in [0.5, 0.6) is 0 Å². The Labute approximate surface area is 77.9 Å². The Morgan fingerprint density at radius 2 is 2.38 bits per heavy atom. The highest BCUT2D eigenvalue weighted by Gasteiger charge is 2.10. The molecule has 0 saturated heterocycles. The van der Waals surface area contributed by atoms with Crippen molar-refractivity contribution in [3.05, 3.63) is 35.7 Å². The molecule has 1 aromatic rings. The monoisotopic (exact) mass is 175 g/mol. The van der Waals surface area contributed by atoms with Crippen LogP contribution in [-0.4, -0.2) is 10.1 Å². The van der Waals surface area contributed by atoms with Crippen molar-refractivity contribution in [2.45, 2.75) is 25.9 Å². The molecule has 1 aliphatic rings. The van der Waals surface area contributed by atoms with E-state index < -0.39 is 0 Å². The molecule has 1 N–H and O–H groups in total. The van der Waals surface area contributed by atoms with Crippen LogP contribution in [0.2, 0.25) is 0 Å². The molecule has 0 bridgehead atoms. The maximum atomic E-state index is 9.09. The highest BCUT2D eigenvalue weighted by molar-refractivity contribution is 5.68. The van der Waals surface area contributed by atoms with Crippen LogP contribution in [0.4, 0.5) is 0 Å². The van der Waals surface area contributed by atoms with Gasteiger partial charge in [-0.05, 0) is 30.9 Å². The van der Waals surface area contributed by atoms with Crippen LogP contribution >= 0.6 is 0 Å². The average molecular weight is 175 g/mol. The number of aliphatic hydroxyl groups excluding tert-OH is 1. The number of pyridine rings is 1. The van der Waals surface area contributed by atoms with Crippen molar-refractivity contribution in [1.29, 1.82) is 0 Å². The minimum Gasteiger partial charge on any atom is -0.390 e. The van der Waals surface area contributed by atoms with Crippen molar-refractivity contribution < 1.29 is 5.11 Å². The zero-order valence-electron chi connectivity index (χ0n) is 7.53. The van der Waals surface area contributed by atoms with Gasteiger partial charge in [0.1, 0.15) is 0 Å². The summed E-state index contributed by atoms with van der Waals surface area (Å²) in [5.74, 6) is 0. The van der Waals surface area contributed by atoms with E-state index in [1.807, 2.05) is 12.1 Å². The van der Waals surface area contributed by atoms with Crippen LogP contribution in [-0.2, 0) is 6.61 Å². The second-order valence-corrected chi connectivity index (χ2v) is 3.28. The number of allylic oxidation sites excluding steroid dienone is 2. The molecule has 0 saturated carbocycles. The number of rotatable bonds is 2. The maximum absolute atomic E-state index is 9.09. The van der Waals surface area contributed by atoms with E-state index in [4.69, 9.17) is 5.11 Å². The first kappa shape index (κ1) is 8.45. The normalized spacial score (nSPS) is 15.9. The van der Waals surface area contributed by atoms with Gasteiger partial charge < -0.3 is 5.11 Å². The van der Waals surface area contributed by atoms with Crippen LogP contribution in [0.3, 0.4) is 0 Å². The molecule has 2 nitrogen and oxygen atoms in total. The van der Waals surface area contributed by atoms with E-state index in [0.29, 0.717) is 0 Å². The zero-order valence-corrected chi connectivity index (χ0v) is 7.53. The fourth-order valence-corrected chi connectivity index (χ4v) is 1.77. The topological polar surface area (TPSA) is 33.1 Å². The first-order valence-electron chi connectivity index (χ1n) is 4.66. The van der Waals surface area contributed by atoms with E-state index >= 15 is 0 Å². The van der Waals surface area contributed by atoms with E-state index in [0.717, 1.165) is 24.1 Å². The molecule has 0 aromatic carbocycles. The Bertz CT molecular complexity index is 331. The number of aromatic nitrogens is 1. The van der Waals surface area contributed by atoms with Gasteiger partial charge in [-0.1, -0.05) is 12.1 Å². The second kappa shape index (κ2) is 3.71. The van der Waals surface area contributed by atoms with Gasteiger partial charge in [-0.15, -0.1) is 0 Å². The number of hydrogen-bond donors (Lipinski definition) is 1. The highest BCUT2D eigenvalue weighted by Crippen LogP contribution is 2.28. The number of hydrogen-bond acceptors (Lipinski definition) is 2. The highest BCUT2D eigenvalue weighted by atomic mass is 16.3. The second-order valence-electron chi connectivity index (χ2n) is 3.28. The minimum atomic E-state index is 0.0352. The number of nitrogens with zero attached hydrogens (tertiary/aromatic N) is 1. The van der Waals surface area contributed by atoms with Crippen LogP contribution in [0.25, 0.3) is 5.57 Å². The molecule has 68 valence electrons. The molecule has 1 aromatic heterocycles. The first-order chi connectivity index (χ1) is 6.42. The van der Waals surface area contributed by atoms with E-state index in [1.165, 1.54) is 12.0 Å². The Balaban J connectivity index is 2.38. The van der Waals surface area contributed by atoms with E-state index in [2.05, 4.69) is 11.1 Å². The molecule has 0 unspecified atom stereocenters. The van der Waals surface area contributed by atoms with Crippen molar-refractivity contribution in [2.75, 3.05) is 0 Å². The molecular weight excluding hydrogens is 162 g/mol. The fourth-order valence-electron chi connectivity index (χ4n) is 1.77. The van der Waals surface area contributed by atoms with Gasteiger partial charge in [0.25, 0.3) is 0 Å². The van der Waals surface area contributed by atoms with Crippen molar-refractivity contribution in [3.63, 3.8) is 0 Å². The van der Waals surface area contributed by atoms with Gasteiger partial charge in [-0.2, -0.15) is 0 Å².